The standard InChI is InChI=1S/C30H35FO/c1-2-21-9-3-4-10-22(16-15-21)25-18-17-23-11-5-6-12-24(23)30(25)32-29-20-19-28(31)26-13-7-8-14-27(26)29/h5-8,11-14,19-22,25,30H,2-4,9-10,15-18H2,1H3. The number of aryl methyl sites for hydroxylation is 1. The molecule has 1 nitrogen and oxygen atoms in total. The first-order valence-electron chi connectivity index (χ1n) is 12.7. The minimum atomic E-state index is -0.181. The lowest BCUT2D eigenvalue weighted by molar-refractivity contribution is 0.0657. The molecule has 5 rings (SSSR count). The van der Waals surface area contributed by atoms with Crippen LogP contribution in [0.4, 0.5) is 4.39 Å². The third-order valence-electron chi connectivity index (χ3n) is 8.15. The SMILES string of the molecule is CCC1CCCCC(C2CCc3ccccc3C2Oc2ccc(F)c3ccccc23)CC1. The van der Waals surface area contributed by atoms with Gasteiger partial charge in [0.05, 0.1) is 0 Å². The molecule has 1 fully saturated rings. The molecule has 0 heterocycles. The first kappa shape index (κ1) is 21.5. The molecule has 0 N–H and O–H groups in total. The first-order chi connectivity index (χ1) is 15.7. The lowest BCUT2D eigenvalue weighted by Crippen LogP contribution is -2.32. The van der Waals surface area contributed by atoms with Gasteiger partial charge in [-0.15, -0.1) is 0 Å². The van der Waals surface area contributed by atoms with E-state index >= 15 is 0 Å². The summed E-state index contributed by atoms with van der Waals surface area (Å²) in [6.07, 6.45) is 11.8. The highest BCUT2D eigenvalue weighted by Gasteiger charge is 2.37. The van der Waals surface area contributed by atoms with E-state index in [1.54, 1.807) is 6.07 Å². The van der Waals surface area contributed by atoms with E-state index in [1.807, 2.05) is 30.3 Å². The summed E-state index contributed by atoms with van der Waals surface area (Å²) in [7, 11) is 0. The molecule has 1 saturated carbocycles. The summed E-state index contributed by atoms with van der Waals surface area (Å²) in [4.78, 5) is 0. The molecule has 2 aliphatic rings. The topological polar surface area (TPSA) is 9.23 Å². The maximum Gasteiger partial charge on any atom is 0.131 e. The lowest BCUT2D eigenvalue weighted by Gasteiger charge is -2.40. The summed E-state index contributed by atoms with van der Waals surface area (Å²) in [5.41, 5.74) is 2.75. The summed E-state index contributed by atoms with van der Waals surface area (Å²) in [6.45, 7) is 2.35. The van der Waals surface area contributed by atoms with Crippen molar-refractivity contribution in [1.82, 2.24) is 0 Å². The number of rotatable bonds is 4. The molecule has 32 heavy (non-hydrogen) atoms. The fourth-order valence-electron chi connectivity index (χ4n) is 6.27. The first-order valence-corrected chi connectivity index (χ1v) is 12.7. The van der Waals surface area contributed by atoms with Gasteiger partial charge in [-0.25, -0.2) is 4.39 Å². The van der Waals surface area contributed by atoms with Crippen LogP contribution in [0.25, 0.3) is 10.8 Å². The third-order valence-corrected chi connectivity index (χ3v) is 8.15. The number of ether oxygens (including phenoxy) is 1. The molecular formula is C30H35FO. The van der Waals surface area contributed by atoms with Crippen molar-refractivity contribution in [3.8, 4) is 5.75 Å². The van der Waals surface area contributed by atoms with E-state index in [4.69, 9.17) is 4.74 Å². The maximum absolute atomic E-state index is 14.4. The molecular weight excluding hydrogens is 395 g/mol. The molecule has 4 unspecified atom stereocenters. The van der Waals surface area contributed by atoms with Crippen LogP contribution >= 0.6 is 0 Å². The summed E-state index contributed by atoms with van der Waals surface area (Å²) in [5, 5.41) is 1.51. The molecule has 0 radical (unpaired) electrons. The normalized spacial score (nSPS) is 26.2. The average Bonchev–Trinajstić information content (AvgIpc) is 2.82. The van der Waals surface area contributed by atoms with Gasteiger partial charge < -0.3 is 4.74 Å². The number of fused-ring (bicyclic) bond motifs is 2. The Hall–Kier alpha value is -2.35. The molecule has 0 amide bonds. The number of benzene rings is 3. The number of hydrogen-bond donors (Lipinski definition) is 0. The van der Waals surface area contributed by atoms with Gasteiger partial charge in [0.25, 0.3) is 0 Å². The van der Waals surface area contributed by atoms with Gasteiger partial charge in [0.1, 0.15) is 17.7 Å². The quantitative estimate of drug-likeness (QED) is 0.402. The molecule has 3 aromatic carbocycles. The third kappa shape index (κ3) is 4.29. The van der Waals surface area contributed by atoms with Crippen LogP contribution in [0.5, 0.6) is 5.75 Å². The summed E-state index contributed by atoms with van der Waals surface area (Å²) in [5.74, 6) is 2.73. The highest BCUT2D eigenvalue weighted by Crippen LogP contribution is 2.46. The molecule has 0 saturated heterocycles. The highest BCUT2D eigenvalue weighted by atomic mass is 19.1. The van der Waals surface area contributed by atoms with Crippen LogP contribution in [0.2, 0.25) is 0 Å². The monoisotopic (exact) mass is 430 g/mol. The second-order valence-corrected chi connectivity index (χ2v) is 9.93. The smallest absolute Gasteiger partial charge is 0.131 e. The van der Waals surface area contributed by atoms with Crippen LogP contribution in [-0.4, -0.2) is 0 Å². The molecule has 0 bridgehead atoms. The van der Waals surface area contributed by atoms with E-state index in [0.717, 1.165) is 23.5 Å². The van der Waals surface area contributed by atoms with Crippen LogP contribution in [0.1, 0.15) is 75.5 Å². The Labute approximate surface area is 192 Å². The van der Waals surface area contributed by atoms with Crippen molar-refractivity contribution >= 4 is 10.8 Å². The maximum atomic E-state index is 14.4. The zero-order valence-electron chi connectivity index (χ0n) is 19.2. The Balaban J connectivity index is 1.50. The molecule has 3 aromatic rings. The van der Waals surface area contributed by atoms with Crippen LogP contribution in [0.15, 0.2) is 60.7 Å². The van der Waals surface area contributed by atoms with Crippen LogP contribution in [0.3, 0.4) is 0 Å². The summed E-state index contributed by atoms with van der Waals surface area (Å²) >= 11 is 0. The Bertz CT molecular complexity index is 1060. The van der Waals surface area contributed by atoms with Gasteiger partial charge in [-0.05, 0) is 54.4 Å². The van der Waals surface area contributed by atoms with Crippen molar-refractivity contribution in [1.29, 1.82) is 0 Å². The van der Waals surface area contributed by atoms with Gasteiger partial charge in [-0.3, -0.25) is 0 Å². The van der Waals surface area contributed by atoms with E-state index < -0.39 is 0 Å². The van der Waals surface area contributed by atoms with Gasteiger partial charge in [0.2, 0.25) is 0 Å². The largest absolute Gasteiger partial charge is 0.485 e. The molecule has 2 aliphatic carbocycles. The average molecular weight is 431 g/mol. The van der Waals surface area contributed by atoms with Crippen molar-refractivity contribution in [2.24, 2.45) is 17.8 Å². The molecule has 0 spiro atoms. The number of halogens is 1. The summed E-state index contributed by atoms with van der Waals surface area (Å²) in [6, 6.07) is 19.9. The van der Waals surface area contributed by atoms with Crippen LogP contribution in [0, 0.1) is 23.6 Å². The highest BCUT2D eigenvalue weighted by molar-refractivity contribution is 5.88. The van der Waals surface area contributed by atoms with Gasteiger partial charge in [-0.2, -0.15) is 0 Å². The number of hydrogen-bond acceptors (Lipinski definition) is 1. The van der Waals surface area contributed by atoms with Gasteiger partial charge in [0, 0.05) is 16.7 Å². The Morgan fingerprint density at radius 1 is 0.812 bits per heavy atom. The zero-order valence-corrected chi connectivity index (χ0v) is 19.2. The van der Waals surface area contributed by atoms with Crippen LogP contribution < -0.4 is 4.74 Å². The Kier molecular flexibility index (Phi) is 6.48. The van der Waals surface area contributed by atoms with Gasteiger partial charge in [-0.1, -0.05) is 94.0 Å². The van der Waals surface area contributed by atoms with E-state index in [-0.39, 0.29) is 11.9 Å². The Morgan fingerprint density at radius 3 is 2.47 bits per heavy atom. The van der Waals surface area contributed by atoms with Crippen molar-refractivity contribution in [3.05, 3.63) is 77.6 Å². The molecule has 0 aromatic heterocycles. The Morgan fingerprint density at radius 2 is 1.59 bits per heavy atom. The fourth-order valence-corrected chi connectivity index (χ4v) is 6.27. The van der Waals surface area contributed by atoms with Gasteiger partial charge >= 0.3 is 0 Å². The van der Waals surface area contributed by atoms with Crippen molar-refractivity contribution in [2.75, 3.05) is 0 Å². The predicted molar refractivity (Wildman–Crippen MR) is 131 cm³/mol. The predicted octanol–water partition coefficient (Wildman–Crippen LogP) is 8.66. The molecule has 4 atom stereocenters. The fraction of sp³-hybridized carbons (Fsp3) is 0.467. The minimum absolute atomic E-state index is 0.0401. The van der Waals surface area contributed by atoms with Crippen molar-refractivity contribution < 1.29 is 9.13 Å². The lowest BCUT2D eigenvalue weighted by atomic mass is 9.70. The molecule has 2 heteroatoms. The van der Waals surface area contributed by atoms with Crippen LogP contribution in [-0.2, 0) is 6.42 Å². The van der Waals surface area contributed by atoms with E-state index in [2.05, 4.69) is 31.2 Å². The second kappa shape index (κ2) is 9.65. The second-order valence-electron chi connectivity index (χ2n) is 9.93. The van der Waals surface area contributed by atoms with Crippen molar-refractivity contribution in [3.63, 3.8) is 0 Å². The van der Waals surface area contributed by atoms with E-state index in [1.165, 1.54) is 62.5 Å². The van der Waals surface area contributed by atoms with E-state index in [9.17, 15) is 4.39 Å². The van der Waals surface area contributed by atoms with E-state index in [0.29, 0.717) is 17.2 Å². The van der Waals surface area contributed by atoms with Gasteiger partial charge in [0.15, 0.2) is 0 Å². The van der Waals surface area contributed by atoms with Crippen molar-refractivity contribution in [2.45, 2.75) is 70.8 Å². The molecule has 0 aliphatic heterocycles. The minimum Gasteiger partial charge on any atom is -0.485 e. The zero-order chi connectivity index (χ0) is 21.9. The molecule has 168 valence electrons. The summed E-state index contributed by atoms with van der Waals surface area (Å²) < 4.78 is 21.3.